The molecule has 5 heteroatoms. The Kier molecular flexibility index (Phi) is 5.66. The predicted octanol–water partition coefficient (Wildman–Crippen LogP) is 5.56. The van der Waals surface area contributed by atoms with E-state index in [1.54, 1.807) is 0 Å². The van der Waals surface area contributed by atoms with Crippen LogP contribution in [0.5, 0.6) is 5.75 Å². The van der Waals surface area contributed by atoms with Crippen LogP contribution >= 0.6 is 15.9 Å². The first kappa shape index (κ1) is 19.3. The Labute approximate surface area is 163 Å². The predicted molar refractivity (Wildman–Crippen MR) is 108 cm³/mol. The van der Waals surface area contributed by atoms with Gasteiger partial charge >= 0.3 is 5.97 Å². The van der Waals surface area contributed by atoms with Gasteiger partial charge in [0.25, 0.3) is 0 Å². The van der Waals surface area contributed by atoms with Crippen LogP contribution in [-0.4, -0.2) is 23.2 Å². The van der Waals surface area contributed by atoms with Gasteiger partial charge in [0.2, 0.25) is 0 Å². The smallest absolute Gasteiger partial charge is 0.309 e. The van der Waals surface area contributed by atoms with Crippen LogP contribution in [0.15, 0.2) is 16.6 Å². The second-order valence-corrected chi connectivity index (χ2v) is 8.86. The lowest BCUT2D eigenvalue weighted by Gasteiger charge is -2.25. The number of benzene rings is 1. The molecule has 1 aromatic heterocycles. The van der Waals surface area contributed by atoms with E-state index in [1.807, 2.05) is 27.7 Å². The van der Waals surface area contributed by atoms with Gasteiger partial charge in [-0.1, -0.05) is 0 Å². The molecule has 4 nitrogen and oxygen atoms in total. The number of aromatic nitrogens is 1. The quantitative estimate of drug-likeness (QED) is 0.660. The molecular weight excluding hydrogens is 394 g/mol. The van der Waals surface area contributed by atoms with Crippen molar-refractivity contribution in [2.45, 2.75) is 65.4 Å². The van der Waals surface area contributed by atoms with Crippen LogP contribution in [0.1, 0.15) is 58.2 Å². The molecule has 0 fully saturated rings. The lowest BCUT2D eigenvalue weighted by atomic mass is 9.89. The molecule has 0 amide bonds. The van der Waals surface area contributed by atoms with Crippen molar-refractivity contribution >= 4 is 32.8 Å². The SMILES string of the molecule is CCOc1cc2[nH]c3c(c2cc1Br)CCCC(C(=O)OC(C)(C)C)CC3. The first-order chi connectivity index (χ1) is 12.3. The summed E-state index contributed by atoms with van der Waals surface area (Å²) in [5.74, 6) is 0.791. The molecule has 0 saturated heterocycles. The van der Waals surface area contributed by atoms with Crippen LogP contribution in [0.3, 0.4) is 0 Å². The van der Waals surface area contributed by atoms with Crippen molar-refractivity contribution in [3.8, 4) is 5.75 Å². The van der Waals surface area contributed by atoms with Gasteiger partial charge in [-0.15, -0.1) is 0 Å². The van der Waals surface area contributed by atoms with Gasteiger partial charge in [0.05, 0.1) is 17.0 Å². The molecule has 1 aliphatic rings. The summed E-state index contributed by atoms with van der Waals surface area (Å²) in [5, 5.41) is 1.26. The zero-order valence-corrected chi connectivity index (χ0v) is 17.7. The summed E-state index contributed by atoms with van der Waals surface area (Å²) in [5.41, 5.74) is 3.31. The Morgan fingerprint density at radius 3 is 2.73 bits per heavy atom. The van der Waals surface area contributed by atoms with Crippen molar-refractivity contribution in [3.63, 3.8) is 0 Å². The van der Waals surface area contributed by atoms with Crippen molar-refractivity contribution in [1.82, 2.24) is 4.98 Å². The second-order valence-electron chi connectivity index (χ2n) is 8.00. The molecule has 1 aliphatic carbocycles. The minimum Gasteiger partial charge on any atom is -0.493 e. The maximum Gasteiger partial charge on any atom is 0.309 e. The number of hydrogen-bond donors (Lipinski definition) is 1. The third kappa shape index (κ3) is 4.25. The summed E-state index contributed by atoms with van der Waals surface area (Å²) in [6, 6.07) is 4.22. The number of aromatic amines is 1. The molecule has 1 N–H and O–H groups in total. The van der Waals surface area contributed by atoms with Crippen LogP contribution in [-0.2, 0) is 22.4 Å². The summed E-state index contributed by atoms with van der Waals surface area (Å²) in [7, 11) is 0. The van der Waals surface area contributed by atoms with Crippen molar-refractivity contribution in [2.24, 2.45) is 5.92 Å². The van der Waals surface area contributed by atoms with Gasteiger partial charge in [0.1, 0.15) is 11.4 Å². The Hall–Kier alpha value is -1.49. The first-order valence-corrected chi connectivity index (χ1v) is 10.3. The molecule has 3 rings (SSSR count). The molecule has 1 heterocycles. The van der Waals surface area contributed by atoms with E-state index in [0.29, 0.717) is 6.61 Å². The molecule has 2 aromatic rings. The number of nitrogens with one attached hydrogen (secondary N) is 1. The maximum absolute atomic E-state index is 12.5. The highest BCUT2D eigenvalue weighted by atomic mass is 79.9. The van der Waals surface area contributed by atoms with Crippen molar-refractivity contribution in [3.05, 3.63) is 27.9 Å². The first-order valence-electron chi connectivity index (χ1n) is 9.47. The minimum atomic E-state index is -0.423. The number of H-pyrrole nitrogens is 1. The highest BCUT2D eigenvalue weighted by Crippen LogP contribution is 2.36. The largest absolute Gasteiger partial charge is 0.493 e. The summed E-state index contributed by atoms with van der Waals surface area (Å²) in [6.45, 7) is 8.41. The average molecular weight is 422 g/mol. The Balaban J connectivity index is 1.84. The molecule has 1 aromatic carbocycles. The Morgan fingerprint density at radius 2 is 2.04 bits per heavy atom. The van der Waals surface area contributed by atoms with E-state index in [1.165, 1.54) is 16.6 Å². The zero-order chi connectivity index (χ0) is 18.9. The minimum absolute atomic E-state index is 0.0143. The fraction of sp³-hybridized carbons (Fsp3) is 0.571. The van der Waals surface area contributed by atoms with Crippen LogP contribution in [0, 0.1) is 5.92 Å². The van der Waals surface area contributed by atoms with Gasteiger partial charge in [0, 0.05) is 22.7 Å². The summed E-state index contributed by atoms with van der Waals surface area (Å²) in [4.78, 5) is 16.0. The standard InChI is InChI=1S/C21H28BrNO3/c1-5-25-19-12-18-15(11-16(19)22)14-8-6-7-13(9-10-17(14)23-18)20(24)26-21(2,3)4/h11-13,23H,5-10H2,1-4H3. The van der Waals surface area contributed by atoms with E-state index in [0.717, 1.165) is 47.8 Å². The third-order valence-corrected chi connectivity index (χ3v) is 5.43. The molecule has 1 atom stereocenters. The molecular formula is C21H28BrNO3. The number of ether oxygens (including phenoxy) is 2. The van der Waals surface area contributed by atoms with Crippen molar-refractivity contribution in [1.29, 1.82) is 0 Å². The van der Waals surface area contributed by atoms with Crippen molar-refractivity contribution < 1.29 is 14.3 Å². The molecule has 1 unspecified atom stereocenters. The Morgan fingerprint density at radius 1 is 1.27 bits per heavy atom. The lowest BCUT2D eigenvalue weighted by molar-refractivity contribution is -0.160. The van der Waals surface area contributed by atoms with Gasteiger partial charge in [-0.25, -0.2) is 0 Å². The fourth-order valence-corrected chi connectivity index (χ4v) is 4.14. The van der Waals surface area contributed by atoms with E-state index in [-0.39, 0.29) is 11.9 Å². The van der Waals surface area contributed by atoms with Crippen LogP contribution < -0.4 is 4.74 Å². The molecule has 0 saturated carbocycles. The molecule has 0 radical (unpaired) electrons. The van der Waals surface area contributed by atoms with E-state index in [9.17, 15) is 4.79 Å². The average Bonchev–Trinajstić information content (AvgIpc) is 2.82. The number of carbonyl (C=O) groups excluding carboxylic acids is 1. The van der Waals surface area contributed by atoms with Crippen LogP contribution in [0.4, 0.5) is 0 Å². The fourth-order valence-electron chi connectivity index (χ4n) is 3.68. The van der Waals surface area contributed by atoms with Gasteiger partial charge < -0.3 is 14.5 Å². The van der Waals surface area contributed by atoms with Crippen molar-refractivity contribution in [2.75, 3.05) is 6.61 Å². The molecule has 142 valence electrons. The van der Waals surface area contributed by atoms with Gasteiger partial charge in [-0.2, -0.15) is 0 Å². The third-order valence-electron chi connectivity index (χ3n) is 4.81. The van der Waals surface area contributed by atoms with Gasteiger partial charge in [-0.05, 0) is 87.4 Å². The molecule has 26 heavy (non-hydrogen) atoms. The molecule has 0 spiro atoms. The maximum atomic E-state index is 12.5. The number of carbonyl (C=O) groups is 1. The highest BCUT2D eigenvalue weighted by molar-refractivity contribution is 9.10. The van der Waals surface area contributed by atoms with Crippen LogP contribution in [0.25, 0.3) is 10.9 Å². The van der Waals surface area contributed by atoms with E-state index in [2.05, 4.69) is 33.0 Å². The van der Waals surface area contributed by atoms with E-state index in [4.69, 9.17) is 9.47 Å². The summed E-state index contributed by atoms with van der Waals surface area (Å²) in [6.07, 6.45) is 4.56. The van der Waals surface area contributed by atoms with E-state index < -0.39 is 5.60 Å². The second kappa shape index (κ2) is 7.63. The van der Waals surface area contributed by atoms with Gasteiger partial charge in [0.15, 0.2) is 0 Å². The number of aryl methyl sites for hydroxylation is 2. The van der Waals surface area contributed by atoms with Crippen LogP contribution in [0.2, 0.25) is 0 Å². The highest BCUT2D eigenvalue weighted by Gasteiger charge is 2.27. The Bertz CT molecular complexity index is 804. The zero-order valence-electron chi connectivity index (χ0n) is 16.1. The normalized spacial score (nSPS) is 18.1. The molecule has 0 bridgehead atoms. The lowest BCUT2D eigenvalue weighted by Crippen LogP contribution is -2.29. The number of esters is 1. The number of rotatable bonds is 3. The number of hydrogen-bond acceptors (Lipinski definition) is 3. The summed E-state index contributed by atoms with van der Waals surface area (Å²) < 4.78 is 12.3. The molecule has 0 aliphatic heterocycles. The monoisotopic (exact) mass is 421 g/mol. The number of fused-ring (bicyclic) bond motifs is 3. The summed E-state index contributed by atoms with van der Waals surface area (Å²) >= 11 is 3.62. The van der Waals surface area contributed by atoms with E-state index >= 15 is 0 Å². The van der Waals surface area contributed by atoms with Gasteiger partial charge in [-0.3, -0.25) is 4.79 Å². The topological polar surface area (TPSA) is 51.3 Å². The number of halogens is 1.